The van der Waals surface area contributed by atoms with Crippen molar-refractivity contribution < 1.29 is 22.7 Å². The quantitative estimate of drug-likeness (QED) is 0.481. The van der Waals surface area contributed by atoms with Crippen LogP contribution in [-0.4, -0.2) is 32.5 Å². The summed E-state index contributed by atoms with van der Waals surface area (Å²) in [5.41, 5.74) is 8.81. The predicted octanol–water partition coefficient (Wildman–Crippen LogP) is 3.45. The zero-order valence-electron chi connectivity index (χ0n) is 18.9. The summed E-state index contributed by atoms with van der Waals surface area (Å²) in [6, 6.07) is 18.8. The van der Waals surface area contributed by atoms with Gasteiger partial charge in [0.05, 0.1) is 10.6 Å². The van der Waals surface area contributed by atoms with Crippen LogP contribution in [0.2, 0.25) is 0 Å². The Morgan fingerprint density at radius 3 is 2.29 bits per heavy atom. The number of carbonyl (C=O) groups is 1. The van der Waals surface area contributed by atoms with Gasteiger partial charge < -0.3 is 9.47 Å². The largest absolute Gasteiger partial charge is 0.454 e. The van der Waals surface area contributed by atoms with E-state index in [1.54, 1.807) is 60.7 Å². The van der Waals surface area contributed by atoms with Crippen LogP contribution in [0.5, 0.6) is 11.5 Å². The molecule has 0 unspecified atom stereocenters. The average molecular weight is 480 g/mol. The van der Waals surface area contributed by atoms with E-state index < -0.39 is 10.0 Å². The molecule has 0 fully saturated rings. The second-order valence-electron chi connectivity index (χ2n) is 7.90. The fourth-order valence-electron chi connectivity index (χ4n) is 3.35. The molecular weight excluding hydrogens is 454 g/mol. The lowest BCUT2D eigenvalue weighted by atomic mass is 10.1. The van der Waals surface area contributed by atoms with Gasteiger partial charge in [-0.1, -0.05) is 36.4 Å². The van der Waals surface area contributed by atoms with Crippen LogP contribution in [0, 0.1) is 6.92 Å². The van der Waals surface area contributed by atoms with Crippen molar-refractivity contribution in [2.45, 2.75) is 18.4 Å². The second-order valence-corrected chi connectivity index (χ2v) is 9.94. The van der Waals surface area contributed by atoms with Crippen LogP contribution in [0.3, 0.4) is 0 Å². The molecule has 0 atom stereocenters. The average Bonchev–Trinajstić information content (AvgIpc) is 3.31. The zero-order chi connectivity index (χ0) is 24.3. The molecule has 4 rings (SSSR count). The molecule has 1 heterocycles. The molecule has 0 aliphatic carbocycles. The normalized spacial score (nSPS) is 12.4. The van der Waals surface area contributed by atoms with Gasteiger partial charge in [0.2, 0.25) is 16.8 Å². The highest BCUT2D eigenvalue weighted by Gasteiger charge is 2.21. The van der Waals surface area contributed by atoms with Crippen molar-refractivity contribution in [1.29, 1.82) is 0 Å². The Morgan fingerprint density at radius 1 is 0.941 bits per heavy atom. The summed E-state index contributed by atoms with van der Waals surface area (Å²) in [7, 11) is -2.08. The first kappa shape index (κ1) is 23.3. The van der Waals surface area contributed by atoms with Crippen LogP contribution < -0.4 is 20.3 Å². The summed E-state index contributed by atoms with van der Waals surface area (Å²) >= 11 is 0. The Hall–Kier alpha value is -3.82. The van der Waals surface area contributed by atoms with Crippen molar-refractivity contribution in [3.8, 4) is 11.5 Å². The first-order chi connectivity index (χ1) is 16.2. The summed E-state index contributed by atoms with van der Waals surface area (Å²) in [4.78, 5) is 12.7. The summed E-state index contributed by atoms with van der Waals surface area (Å²) in [5.74, 6) is 0.934. The number of hydrogen-bond acceptors (Lipinski definition) is 6. The first-order valence-corrected chi connectivity index (χ1v) is 12.0. The predicted molar refractivity (Wildman–Crippen MR) is 128 cm³/mol. The van der Waals surface area contributed by atoms with E-state index in [0.29, 0.717) is 22.8 Å². The van der Waals surface area contributed by atoms with Crippen LogP contribution >= 0.6 is 0 Å². The molecule has 1 aliphatic heterocycles. The lowest BCUT2D eigenvalue weighted by Crippen LogP contribution is -2.35. The molecule has 34 heavy (non-hydrogen) atoms. The zero-order valence-corrected chi connectivity index (χ0v) is 19.7. The van der Waals surface area contributed by atoms with Gasteiger partial charge in [-0.2, -0.15) is 4.31 Å². The van der Waals surface area contributed by atoms with Gasteiger partial charge in [0.25, 0.3) is 5.91 Å². The number of hydrazine groups is 1. The van der Waals surface area contributed by atoms with Crippen LogP contribution in [0.1, 0.15) is 27.0 Å². The summed E-state index contributed by atoms with van der Waals surface area (Å²) in [5, 5.41) is 0. The Morgan fingerprint density at radius 2 is 1.59 bits per heavy atom. The molecule has 3 aromatic carbocycles. The van der Waals surface area contributed by atoms with E-state index in [9.17, 15) is 13.2 Å². The van der Waals surface area contributed by atoms with Crippen LogP contribution in [-0.2, 0) is 16.6 Å². The van der Waals surface area contributed by atoms with E-state index in [1.165, 1.54) is 11.4 Å². The number of benzene rings is 3. The van der Waals surface area contributed by atoms with E-state index in [0.717, 1.165) is 16.7 Å². The van der Waals surface area contributed by atoms with Crippen molar-refractivity contribution in [3.05, 3.63) is 95.6 Å². The molecule has 0 spiro atoms. The highest BCUT2D eigenvalue weighted by Crippen LogP contribution is 2.33. The molecule has 0 bridgehead atoms. The number of carbonyl (C=O) groups excluding carboxylic acids is 1. The van der Waals surface area contributed by atoms with Crippen molar-refractivity contribution in [3.63, 3.8) is 0 Å². The molecule has 2 N–H and O–H groups in total. The van der Waals surface area contributed by atoms with E-state index in [2.05, 4.69) is 17.4 Å². The highest BCUT2D eigenvalue weighted by molar-refractivity contribution is 7.89. The minimum absolute atomic E-state index is 0.178. The third-order valence-electron chi connectivity index (χ3n) is 5.40. The monoisotopic (exact) mass is 479 g/mol. The molecule has 0 saturated heterocycles. The van der Waals surface area contributed by atoms with Crippen molar-refractivity contribution in [1.82, 2.24) is 15.2 Å². The lowest BCUT2D eigenvalue weighted by molar-refractivity contribution is 0.0942. The Kier molecular flexibility index (Phi) is 6.58. The smallest absolute Gasteiger partial charge is 0.269 e. The SMILES string of the molecule is C=C(NNC(=O)c1ccc(CN(C)S(=O)(=O)c2ccc(C)cc2)cc1)c1ccc2c(c1)OCO2. The van der Waals surface area contributed by atoms with E-state index >= 15 is 0 Å². The topological polar surface area (TPSA) is 97.0 Å². The molecular formula is C25H25N3O5S. The number of rotatable bonds is 8. The minimum atomic E-state index is -3.61. The van der Waals surface area contributed by atoms with Gasteiger partial charge >= 0.3 is 0 Å². The number of ether oxygens (including phenoxy) is 2. The maximum Gasteiger partial charge on any atom is 0.269 e. The highest BCUT2D eigenvalue weighted by atomic mass is 32.2. The Bertz CT molecular complexity index is 1320. The third kappa shape index (κ3) is 5.05. The maximum atomic E-state index is 12.8. The van der Waals surface area contributed by atoms with Crippen molar-refractivity contribution in [2.24, 2.45) is 0 Å². The van der Waals surface area contributed by atoms with Gasteiger partial charge in [-0.05, 0) is 55.0 Å². The number of amides is 1. The molecule has 0 aromatic heterocycles. The van der Waals surface area contributed by atoms with Gasteiger partial charge in [0, 0.05) is 24.7 Å². The molecule has 3 aromatic rings. The molecule has 176 valence electrons. The molecule has 0 saturated carbocycles. The fraction of sp³-hybridized carbons (Fsp3) is 0.160. The lowest BCUT2D eigenvalue weighted by Gasteiger charge is -2.17. The molecule has 8 nitrogen and oxygen atoms in total. The molecule has 1 amide bonds. The van der Waals surface area contributed by atoms with Crippen LogP contribution in [0.15, 0.2) is 78.2 Å². The fourth-order valence-corrected chi connectivity index (χ4v) is 4.51. The number of aryl methyl sites for hydroxylation is 1. The summed E-state index contributed by atoms with van der Waals surface area (Å²) in [6.45, 7) is 6.19. The number of nitrogens with zero attached hydrogens (tertiary/aromatic N) is 1. The van der Waals surface area contributed by atoms with Gasteiger partial charge in [0.15, 0.2) is 11.5 Å². The van der Waals surface area contributed by atoms with E-state index in [-0.39, 0.29) is 24.1 Å². The van der Waals surface area contributed by atoms with Gasteiger partial charge in [-0.25, -0.2) is 8.42 Å². The van der Waals surface area contributed by atoms with Crippen molar-refractivity contribution in [2.75, 3.05) is 13.8 Å². The van der Waals surface area contributed by atoms with Gasteiger partial charge in [0.1, 0.15) is 0 Å². The molecule has 0 radical (unpaired) electrons. The Labute approximate surface area is 198 Å². The molecule has 9 heteroatoms. The maximum absolute atomic E-state index is 12.8. The van der Waals surface area contributed by atoms with Crippen molar-refractivity contribution >= 4 is 21.6 Å². The van der Waals surface area contributed by atoms with Crippen LogP contribution in [0.4, 0.5) is 0 Å². The standard InChI is InChI=1S/C25H25N3O5S/c1-17-4-11-22(12-5-17)34(30,31)28(3)15-19-6-8-20(9-7-19)25(29)27-26-18(2)21-10-13-23-24(14-21)33-16-32-23/h4-14,26H,2,15-16H2,1,3H3,(H,27,29). The first-order valence-electron chi connectivity index (χ1n) is 10.5. The van der Waals surface area contributed by atoms with E-state index in [1.807, 2.05) is 13.0 Å². The minimum Gasteiger partial charge on any atom is -0.454 e. The van der Waals surface area contributed by atoms with Gasteiger partial charge in [-0.3, -0.25) is 15.6 Å². The van der Waals surface area contributed by atoms with Crippen LogP contribution in [0.25, 0.3) is 5.70 Å². The summed E-state index contributed by atoms with van der Waals surface area (Å²) < 4.78 is 37.5. The number of sulfonamides is 1. The second kappa shape index (κ2) is 9.58. The Balaban J connectivity index is 1.34. The van der Waals surface area contributed by atoms with E-state index in [4.69, 9.17) is 9.47 Å². The molecule has 1 aliphatic rings. The third-order valence-corrected chi connectivity index (χ3v) is 7.22. The van der Waals surface area contributed by atoms with Gasteiger partial charge in [-0.15, -0.1) is 0 Å². The number of hydrogen-bond donors (Lipinski definition) is 2. The summed E-state index contributed by atoms with van der Waals surface area (Å²) in [6.07, 6.45) is 0. The number of fused-ring (bicyclic) bond motifs is 1. The number of nitrogens with one attached hydrogen (secondary N) is 2.